The topological polar surface area (TPSA) is 84.6 Å². The van der Waals surface area contributed by atoms with Crippen molar-refractivity contribution < 1.29 is 22.8 Å². The molecule has 3 rings (SSSR count). The largest absolute Gasteiger partial charge is 0.494 e. The Balaban J connectivity index is 2.00. The first kappa shape index (κ1) is 22.8. The van der Waals surface area contributed by atoms with Gasteiger partial charge in [-0.15, -0.1) is 0 Å². The van der Waals surface area contributed by atoms with Gasteiger partial charge in [0.1, 0.15) is 11.3 Å². The number of hydrogen-bond donors (Lipinski definition) is 0. The van der Waals surface area contributed by atoms with E-state index in [1.54, 1.807) is 31.3 Å². The van der Waals surface area contributed by atoms with E-state index >= 15 is 0 Å². The molecule has 11 heteroatoms. The Morgan fingerprint density at radius 3 is 2.09 bits per heavy atom. The highest BCUT2D eigenvalue weighted by Gasteiger charge is 2.37. The molecule has 0 fully saturated rings. The summed E-state index contributed by atoms with van der Waals surface area (Å²) in [5.74, 6) is 0.266. The smallest absolute Gasteiger partial charge is 0.421 e. The lowest BCUT2D eigenvalue weighted by molar-refractivity contribution is -0.384. The molecule has 3 aromatic rings. The highest BCUT2D eigenvalue weighted by Crippen LogP contribution is 2.38. The van der Waals surface area contributed by atoms with E-state index in [-0.39, 0.29) is 17.5 Å². The van der Waals surface area contributed by atoms with E-state index in [9.17, 15) is 23.3 Å². The SMILES string of the molecule is CCOc1ccc(N(C)c2nc(N(C)c3ccc([N+](=O)[O-])cc3)ncc2C(F)(F)F)cc1. The van der Waals surface area contributed by atoms with Crippen molar-refractivity contribution in [3.8, 4) is 5.75 Å². The summed E-state index contributed by atoms with van der Waals surface area (Å²) in [5, 5.41) is 10.8. The van der Waals surface area contributed by atoms with Crippen LogP contribution in [-0.2, 0) is 6.18 Å². The third-order valence-electron chi connectivity index (χ3n) is 4.66. The van der Waals surface area contributed by atoms with Crippen LogP contribution < -0.4 is 14.5 Å². The maximum Gasteiger partial charge on any atom is 0.421 e. The predicted molar refractivity (Wildman–Crippen MR) is 114 cm³/mol. The van der Waals surface area contributed by atoms with E-state index in [2.05, 4.69) is 9.97 Å². The predicted octanol–water partition coefficient (Wildman–Crippen LogP) is 5.34. The number of anilines is 4. The molecule has 0 aliphatic heterocycles. The average molecular weight is 447 g/mol. The molecule has 0 bridgehead atoms. The molecule has 0 aliphatic rings. The number of non-ortho nitro benzene ring substituents is 1. The number of aromatic nitrogens is 2. The van der Waals surface area contributed by atoms with Gasteiger partial charge in [0.15, 0.2) is 5.82 Å². The monoisotopic (exact) mass is 447 g/mol. The Morgan fingerprint density at radius 2 is 1.56 bits per heavy atom. The maximum absolute atomic E-state index is 13.7. The Kier molecular flexibility index (Phi) is 6.47. The van der Waals surface area contributed by atoms with Crippen molar-refractivity contribution in [3.63, 3.8) is 0 Å². The van der Waals surface area contributed by atoms with Gasteiger partial charge in [-0.3, -0.25) is 10.1 Å². The number of hydrogen-bond acceptors (Lipinski definition) is 7. The second-order valence-electron chi connectivity index (χ2n) is 6.72. The fourth-order valence-electron chi connectivity index (χ4n) is 2.95. The fourth-order valence-corrected chi connectivity index (χ4v) is 2.95. The molecule has 0 amide bonds. The summed E-state index contributed by atoms with van der Waals surface area (Å²) in [6, 6.07) is 12.1. The van der Waals surface area contributed by atoms with Crippen molar-refractivity contribution >= 4 is 28.8 Å². The summed E-state index contributed by atoms with van der Waals surface area (Å²) in [6.07, 6.45) is -3.94. The lowest BCUT2D eigenvalue weighted by Crippen LogP contribution is -2.21. The van der Waals surface area contributed by atoms with Crippen molar-refractivity contribution in [2.24, 2.45) is 0 Å². The number of benzene rings is 2. The zero-order valence-corrected chi connectivity index (χ0v) is 17.5. The van der Waals surface area contributed by atoms with Gasteiger partial charge in [-0.1, -0.05) is 0 Å². The normalized spacial score (nSPS) is 11.2. The molecule has 0 spiro atoms. The molecule has 0 unspecified atom stereocenters. The molecule has 1 aromatic heterocycles. The van der Waals surface area contributed by atoms with Gasteiger partial charge in [0, 0.05) is 43.8 Å². The molecule has 1 heterocycles. The lowest BCUT2D eigenvalue weighted by Gasteiger charge is -2.25. The Bertz CT molecular complexity index is 1090. The number of nitro benzene ring substituents is 1. The molecular weight excluding hydrogens is 427 g/mol. The van der Waals surface area contributed by atoms with Crippen LogP contribution in [0.4, 0.5) is 42.0 Å². The molecule has 0 saturated carbocycles. The van der Waals surface area contributed by atoms with Gasteiger partial charge in [-0.2, -0.15) is 18.2 Å². The molecule has 168 valence electrons. The van der Waals surface area contributed by atoms with E-state index in [0.717, 1.165) is 6.20 Å². The van der Waals surface area contributed by atoms with Gasteiger partial charge in [0.2, 0.25) is 5.95 Å². The minimum Gasteiger partial charge on any atom is -0.494 e. The highest BCUT2D eigenvalue weighted by atomic mass is 19.4. The van der Waals surface area contributed by atoms with Gasteiger partial charge in [0.05, 0.1) is 11.5 Å². The van der Waals surface area contributed by atoms with Crippen molar-refractivity contribution in [3.05, 3.63) is 70.4 Å². The standard InChI is InChI=1S/C21H20F3N5O3/c1-4-32-17-11-9-14(10-12-17)27(2)19-18(21(22,23)24)13-25-20(26-19)28(3)15-5-7-16(8-6-15)29(30)31/h5-13H,4H2,1-3H3. The number of ether oxygens (including phenoxy) is 1. The first-order chi connectivity index (χ1) is 15.1. The van der Waals surface area contributed by atoms with Gasteiger partial charge < -0.3 is 14.5 Å². The minimum absolute atomic E-state index is 0.000334. The molecular formula is C21H20F3N5O3. The summed E-state index contributed by atoms with van der Waals surface area (Å²) in [6.45, 7) is 2.30. The van der Waals surface area contributed by atoms with Gasteiger partial charge in [-0.05, 0) is 43.3 Å². The molecule has 32 heavy (non-hydrogen) atoms. The average Bonchev–Trinajstić information content (AvgIpc) is 2.78. The van der Waals surface area contributed by atoms with Crippen LogP contribution in [0.2, 0.25) is 0 Å². The minimum atomic E-state index is -4.67. The molecule has 0 N–H and O–H groups in total. The van der Waals surface area contributed by atoms with Crippen LogP contribution in [0.15, 0.2) is 54.7 Å². The fraction of sp³-hybridized carbons (Fsp3) is 0.238. The summed E-state index contributed by atoms with van der Waals surface area (Å²) >= 11 is 0. The number of rotatable bonds is 7. The highest BCUT2D eigenvalue weighted by molar-refractivity contribution is 5.66. The van der Waals surface area contributed by atoms with Crippen LogP contribution in [0.25, 0.3) is 0 Å². The van der Waals surface area contributed by atoms with E-state index in [4.69, 9.17) is 4.74 Å². The van der Waals surface area contributed by atoms with E-state index in [1.807, 2.05) is 6.92 Å². The van der Waals surface area contributed by atoms with Gasteiger partial charge in [-0.25, -0.2) is 4.98 Å². The van der Waals surface area contributed by atoms with Crippen molar-refractivity contribution in [1.82, 2.24) is 9.97 Å². The Hall–Kier alpha value is -3.89. The Morgan fingerprint density at radius 1 is 1.00 bits per heavy atom. The van der Waals surface area contributed by atoms with Gasteiger partial charge in [0.25, 0.3) is 5.69 Å². The molecule has 8 nitrogen and oxygen atoms in total. The third kappa shape index (κ3) is 4.88. The first-order valence-corrected chi connectivity index (χ1v) is 9.50. The summed E-state index contributed by atoms with van der Waals surface area (Å²) in [5.41, 5.74) is -0.146. The van der Waals surface area contributed by atoms with Gasteiger partial charge >= 0.3 is 6.18 Å². The van der Waals surface area contributed by atoms with Crippen LogP contribution in [0, 0.1) is 10.1 Å². The summed E-state index contributed by atoms with van der Waals surface area (Å²) in [4.78, 5) is 21.1. The maximum atomic E-state index is 13.7. The molecule has 0 saturated heterocycles. The summed E-state index contributed by atoms with van der Waals surface area (Å²) < 4.78 is 46.4. The zero-order valence-electron chi connectivity index (χ0n) is 17.5. The third-order valence-corrected chi connectivity index (χ3v) is 4.66. The van der Waals surface area contributed by atoms with E-state index in [0.29, 0.717) is 23.7 Å². The molecule has 2 aromatic carbocycles. The second-order valence-corrected chi connectivity index (χ2v) is 6.72. The second kappa shape index (κ2) is 9.08. The van der Waals surface area contributed by atoms with Crippen LogP contribution >= 0.6 is 0 Å². The Labute approximate surface area is 182 Å². The zero-order chi connectivity index (χ0) is 23.5. The van der Waals surface area contributed by atoms with E-state index < -0.39 is 16.7 Å². The van der Waals surface area contributed by atoms with Crippen molar-refractivity contribution in [1.29, 1.82) is 0 Å². The number of nitro groups is 1. The number of halogens is 3. The summed E-state index contributed by atoms with van der Waals surface area (Å²) in [7, 11) is 3.04. The molecule has 0 aliphatic carbocycles. The van der Waals surface area contributed by atoms with Crippen LogP contribution in [0.5, 0.6) is 5.75 Å². The quantitative estimate of drug-likeness (QED) is 0.357. The molecule has 0 atom stereocenters. The van der Waals surface area contributed by atoms with Crippen LogP contribution in [0.3, 0.4) is 0 Å². The lowest BCUT2D eigenvalue weighted by atomic mass is 10.2. The van der Waals surface area contributed by atoms with Crippen molar-refractivity contribution in [2.75, 3.05) is 30.5 Å². The van der Waals surface area contributed by atoms with Crippen LogP contribution in [-0.4, -0.2) is 35.6 Å². The van der Waals surface area contributed by atoms with Crippen molar-refractivity contribution in [2.45, 2.75) is 13.1 Å². The van der Waals surface area contributed by atoms with E-state index in [1.165, 1.54) is 41.1 Å². The molecule has 0 radical (unpaired) electrons. The van der Waals surface area contributed by atoms with Crippen LogP contribution in [0.1, 0.15) is 12.5 Å². The number of alkyl halides is 3. The first-order valence-electron chi connectivity index (χ1n) is 9.50. The number of nitrogens with zero attached hydrogens (tertiary/aromatic N) is 5.